The van der Waals surface area contributed by atoms with Gasteiger partial charge >= 0.3 is 0 Å². The minimum absolute atomic E-state index is 1.00. The van der Waals surface area contributed by atoms with Crippen molar-refractivity contribution in [3.63, 3.8) is 0 Å². The SMILES string of the molecule is Cn1nc(C=C2CNC2)c2ccccc21. The van der Waals surface area contributed by atoms with Crippen LogP contribution in [0.15, 0.2) is 29.8 Å². The lowest BCUT2D eigenvalue weighted by molar-refractivity contribution is 0.674. The Balaban J connectivity index is 2.18. The lowest BCUT2D eigenvalue weighted by atomic mass is 10.1. The Labute approximate surface area is 88.4 Å². The van der Waals surface area contributed by atoms with Crippen molar-refractivity contribution >= 4 is 17.0 Å². The van der Waals surface area contributed by atoms with Crippen LogP contribution in [0.3, 0.4) is 0 Å². The van der Waals surface area contributed by atoms with Crippen LogP contribution in [0.25, 0.3) is 17.0 Å². The number of nitrogens with one attached hydrogen (secondary N) is 1. The molecule has 0 unspecified atom stereocenters. The highest BCUT2D eigenvalue weighted by Crippen LogP contribution is 2.20. The van der Waals surface area contributed by atoms with Crippen LogP contribution in [0.5, 0.6) is 0 Å². The van der Waals surface area contributed by atoms with Crippen LogP contribution in [0, 0.1) is 0 Å². The van der Waals surface area contributed by atoms with Gasteiger partial charge in [0.25, 0.3) is 0 Å². The second-order valence-electron chi connectivity index (χ2n) is 3.93. The standard InChI is InChI=1S/C12H13N3/c1-15-12-5-3-2-4-10(12)11(14-15)6-9-7-13-8-9/h2-6,13H,7-8H2,1H3. The number of aromatic nitrogens is 2. The van der Waals surface area contributed by atoms with Crippen LogP contribution in [-0.2, 0) is 7.05 Å². The molecule has 1 aromatic carbocycles. The lowest BCUT2D eigenvalue weighted by Crippen LogP contribution is -2.33. The first kappa shape index (κ1) is 8.68. The molecule has 2 heterocycles. The third-order valence-electron chi connectivity index (χ3n) is 2.83. The number of benzene rings is 1. The lowest BCUT2D eigenvalue weighted by Gasteiger charge is -2.17. The summed E-state index contributed by atoms with van der Waals surface area (Å²) in [5.74, 6) is 0. The van der Waals surface area contributed by atoms with Crippen molar-refractivity contribution in [1.29, 1.82) is 0 Å². The van der Waals surface area contributed by atoms with Gasteiger partial charge in [0.15, 0.2) is 0 Å². The fourth-order valence-corrected chi connectivity index (χ4v) is 1.91. The molecular weight excluding hydrogens is 186 g/mol. The number of para-hydroxylation sites is 1. The molecule has 2 aromatic rings. The van der Waals surface area contributed by atoms with E-state index in [1.54, 1.807) is 0 Å². The third-order valence-corrected chi connectivity index (χ3v) is 2.83. The van der Waals surface area contributed by atoms with Crippen molar-refractivity contribution in [2.24, 2.45) is 7.05 Å². The molecule has 0 aliphatic carbocycles. The van der Waals surface area contributed by atoms with Gasteiger partial charge in [0.2, 0.25) is 0 Å². The Morgan fingerprint density at radius 1 is 1.33 bits per heavy atom. The maximum absolute atomic E-state index is 4.52. The highest BCUT2D eigenvalue weighted by Gasteiger charge is 2.10. The minimum atomic E-state index is 1.00. The van der Waals surface area contributed by atoms with Gasteiger partial charge in [0, 0.05) is 25.5 Å². The zero-order valence-electron chi connectivity index (χ0n) is 8.70. The molecule has 0 amide bonds. The average molecular weight is 199 g/mol. The fraction of sp³-hybridized carbons (Fsp3) is 0.250. The highest BCUT2D eigenvalue weighted by molar-refractivity contribution is 5.87. The highest BCUT2D eigenvalue weighted by atomic mass is 15.3. The van der Waals surface area contributed by atoms with E-state index >= 15 is 0 Å². The van der Waals surface area contributed by atoms with Crippen LogP contribution in [-0.4, -0.2) is 22.9 Å². The van der Waals surface area contributed by atoms with E-state index in [1.807, 2.05) is 17.8 Å². The van der Waals surface area contributed by atoms with Crippen LogP contribution >= 0.6 is 0 Å². The van der Waals surface area contributed by atoms with Gasteiger partial charge in [-0.15, -0.1) is 0 Å². The van der Waals surface area contributed by atoms with E-state index in [0.717, 1.165) is 18.8 Å². The van der Waals surface area contributed by atoms with E-state index in [4.69, 9.17) is 0 Å². The van der Waals surface area contributed by atoms with E-state index in [0.29, 0.717) is 0 Å². The number of nitrogens with zero attached hydrogens (tertiary/aromatic N) is 2. The molecule has 76 valence electrons. The molecular formula is C12H13N3. The summed E-state index contributed by atoms with van der Waals surface area (Å²) in [5, 5.41) is 8.99. The van der Waals surface area contributed by atoms with Gasteiger partial charge in [-0.05, 0) is 17.7 Å². The number of rotatable bonds is 1. The van der Waals surface area contributed by atoms with Crippen molar-refractivity contribution in [1.82, 2.24) is 15.1 Å². The summed E-state index contributed by atoms with van der Waals surface area (Å²) >= 11 is 0. The molecule has 1 aliphatic rings. The van der Waals surface area contributed by atoms with E-state index < -0.39 is 0 Å². The van der Waals surface area contributed by atoms with Crippen LogP contribution < -0.4 is 5.32 Å². The number of aryl methyl sites for hydroxylation is 1. The Bertz CT molecular complexity index is 531. The predicted molar refractivity (Wildman–Crippen MR) is 61.6 cm³/mol. The summed E-state index contributed by atoms with van der Waals surface area (Å²) in [4.78, 5) is 0. The van der Waals surface area contributed by atoms with E-state index in [2.05, 4.69) is 34.7 Å². The van der Waals surface area contributed by atoms with Crippen molar-refractivity contribution in [2.45, 2.75) is 0 Å². The summed E-state index contributed by atoms with van der Waals surface area (Å²) in [5.41, 5.74) is 3.71. The molecule has 15 heavy (non-hydrogen) atoms. The smallest absolute Gasteiger partial charge is 0.0930 e. The maximum atomic E-state index is 4.52. The molecule has 0 spiro atoms. The van der Waals surface area contributed by atoms with Gasteiger partial charge in [-0.1, -0.05) is 18.2 Å². The van der Waals surface area contributed by atoms with E-state index in [-0.39, 0.29) is 0 Å². The number of fused-ring (bicyclic) bond motifs is 1. The Hall–Kier alpha value is -1.61. The second kappa shape index (κ2) is 3.21. The largest absolute Gasteiger partial charge is 0.309 e. The Morgan fingerprint density at radius 3 is 2.87 bits per heavy atom. The Morgan fingerprint density at radius 2 is 2.13 bits per heavy atom. The molecule has 1 aliphatic heterocycles. The summed E-state index contributed by atoms with van der Waals surface area (Å²) < 4.78 is 1.94. The molecule has 1 aromatic heterocycles. The van der Waals surface area contributed by atoms with Gasteiger partial charge in [-0.25, -0.2) is 0 Å². The van der Waals surface area contributed by atoms with E-state index in [1.165, 1.54) is 16.5 Å². The molecule has 3 heteroatoms. The molecule has 3 nitrogen and oxygen atoms in total. The first-order valence-corrected chi connectivity index (χ1v) is 5.16. The van der Waals surface area contributed by atoms with Crippen molar-refractivity contribution < 1.29 is 0 Å². The van der Waals surface area contributed by atoms with Crippen LogP contribution in [0.1, 0.15) is 5.69 Å². The van der Waals surface area contributed by atoms with Crippen molar-refractivity contribution in [3.05, 3.63) is 35.5 Å². The first-order chi connectivity index (χ1) is 7.34. The third kappa shape index (κ3) is 1.36. The molecule has 0 bridgehead atoms. The quantitative estimate of drug-likeness (QED) is 0.755. The van der Waals surface area contributed by atoms with Gasteiger partial charge < -0.3 is 5.32 Å². The van der Waals surface area contributed by atoms with Gasteiger partial charge in [0.1, 0.15) is 0 Å². The summed E-state index contributed by atoms with van der Waals surface area (Å²) in [6.45, 7) is 2.01. The number of hydrogen-bond donors (Lipinski definition) is 1. The first-order valence-electron chi connectivity index (χ1n) is 5.16. The second-order valence-corrected chi connectivity index (χ2v) is 3.93. The van der Waals surface area contributed by atoms with E-state index in [9.17, 15) is 0 Å². The van der Waals surface area contributed by atoms with Crippen LogP contribution in [0.2, 0.25) is 0 Å². The fourth-order valence-electron chi connectivity index (χ4n) is 1.91. The normalized spacial score (nSPS) is 15.4. The maximum Gasteiger partial charge on any atom is 0.0930 e. The summed E-state index contributed by atoms with van der Waals surface area (Å²) in [7, 11) is 1.99. The number of hydrogen-bond acceptors (Lipinski definition) is 2. The van der Waals surface area contributed by atoms with Gasteiger partial charge in [-0.2, -0.15) is 5.10 Å². The zero-order valence-corrected chi connectivity index (χ0v) is 8.70. The van der Waals surface area contributed by atoms with Crippen LogP contribution in [0.4, 0.5) is 0 Å². The predicted octanol–water partition coefficient (Wildman–Crippen LogP) is 1.56. The minimum Gasteiger partial charge on any atom is -0.309 e. The molecule has 1 fully saturated rings. The zero-order chi connectivity index (χ0) is 10.3. The van der Waals surface area contributed by atoms with Gasteiger partial charge in [0.05, 0.1) is 11.2 Å². The average Bonchev–Trinajstić information content (AvgIpc) is 2.51. The Kier molecular flexibility index (Phi) is 1.86. The summed E-state index contributed by atoms with van der Waals surface area (Å²) in [6.07, 6.45) is 2.19. The summed E-state index contributed by atoms with van der Waals surface area (Å²) in [6, 6.07) is 8.33. The topological polar surface area (TPSA) is 29.9 Å². The molecule has 1 saturated heterocycles. The molecule has 0 radical (unpaired) electrons. The van der Waals surface area contributed by atoms with Crippen molar-refractivity contribution in [2.75, 3.05) is 13.1 Å². The molecule has 3 rings (SSSR count). The monoisotopic (exact) mass is 199 g/mol. The molecule has 0 saturated carbocycles. The molecule has 0 atom stereocenters. The van der Waals surface area contributed by atoms with Gasteiger partial charge in [-0.3, -0.25) is 4.68 Å². The van der Waals surface area contributed by atoms with Crippen molar-refractivity contribution in [3.8, 4) is 0 Å². The molecule has 1 N–H and O–H groups in total.